The first-order chi connectivity index (χ1) is 7.02. The van der Waals surface area contributed by atoms with Crippen molar-refractivity contribution in [1.29, 1.82) is 0 Å². The number of hydrogen-bond donors (Lipinski definition) is 1. The van der Waals surface area contributed by atoms with Gasteiger partial charge in [-0.15, -0.1) is 0 Å². The summed E-state index contributed by atoms with van der Waals surface area (Å²) in [5, 5.41) is 10.5. The zero-order chi connectivity index (χ0) is 11.6. The zero-order valence-corrected chi connectivity index (χ0v) is 8.18. The average molecular weight is 231 g/mol. The molecule has 0 aliphatic rings. The van der Waals surface area contributed by atoms with Crippen molar-refractivity contribution in [2.24, 2.45) is 5.73 Å². The second-order valence-corrected chi connectivity index (χ2v) is 3.12. The van der Waals surface area contributed by atoms with Crippen molar-refractivity contribution in [1.82, 2.24) is 0 Å². The van der Waals surface area contributed by atoms with Gasteiger partial charge in [0.05, 0.1) is 10.6 Å². The summed E-state index contributed by atoms with van der Waals surface area (Å²) in [4.78, 5) is 21.3. The molecule has 0 atom stereocenters. The molecule has 0 fully saturated rings. The number of nitrogens with two attached hydrogens (primary N) is 1. The van der Waals surface area contributed by atoms with E-state index in [1.807, 2.05) is 0 Å². The van der Waals surface area contributed by atoms with Gasteiger partial charge >= 0.3 is 0 Å². The first kappa shape index (κ1) is 11.6. The van der Waals surface area contributed by atoms with Crippen molar-refractivity contribution in [3.8, 4) is 0 Å². The van der Waals surface area contributed by atoms with Crippen LogP contribution in [0.1, 0.15) is 26.3 Å². The van der Waals surface area contributed by atoms with Crippen LogP contribution in [0, 0.1) is 5.82 Å². The number of hydrogen-bond acceptors (Lipinski definition) is 2. The summed E-state index contributed by atoms with van der Waals surface area (Å²) in [6.45, 7) is -0.921. The highest BCUT2D eigenvalue weighted by atomic mass is 35.5. The van der Waals surface area contributed by atoms with Gasteiger partial charge in [0, 0.05) is 11.1 Å². The molecule has 0 aliphatic heterocycles. The van der Waals surface area contributed by atoms with Crippen LogP contribution in [0.5, 0.6) is 0 Å². The van der Waals surface area contributed by atoms with E-state index in [9.17, 15) is 19.1 Å². The summed E-state index contributed by atoms with van der Waals surface area (Å²) in [6.07, 6.45) is 0.301. The van der Waals surface area contributed by atoms with Crippen molar-refractivity contribution < 1.29 is 19.1 Å². The fourth-order valence-corrected chi connectivity index (χ4v) is 1.44. The lowest BCUT2D eigenvalue weighted by Crippen LogP contribution is -2.17. The molecular weight excluding hydrogens is 225 g/mol. The van der Waals surface area contributed by atoms with E-state index in [2.05, 4.69) is 0 Å². The molecule has 15 heavy (non-hydrogen) atoms. The predicted molar refractivity (Wildman–Crippen MR) is 49.7 cm³/mol. The minimum atomic E-state index is -1.09. The molecule has 0 spiro atoms. The Morgan fingerprint density at radius 2 is 2.20 bits per heavy atom. The minimum absolute atomic E-state index is 0.176. The highest BCUT2D eigenvalue weighted by molar-refractivity contribution is 6.34. The molecule has 1 rings (SSSR count). The minimum Gasteiger partial charge on any atom is -0.365 e. The maximum Gasteiger partial charge on any atom is 0.252 e. The molecule has 4 nitrogen and oxygen atoms in total. The van der Waals surface area contributed by atoms with Gasteiger partial charge in [0.25, 0.3) is 5.91 Å². The van der Waals surface area contributed by atoms with Crippen molar-refractivity contribution in [3.63, 3.8) is 0 Å². The molecule has 0 heterocycles. The number of amides is 1. The monoisotopic (exact) mass is 230 g/mol. The van der Waals surface area contributed by atoms with Gasteiger partial charge in [-0.05, 0) is 6.07 Å². The number of primary amides is 1. The molecule has 0 saturated heterocycles. The number of rotatable bonds is 3. The van der Waals surface area contributed by atoms with E-state index in [0.717, 1.165) is 6.07 Å². The SMILES string of the molecule is NC(=O)c1c(F)cc(C=O)c(Cl)c1C[O]. The Hall–Kier alpha value is -1.46. The normalized spacial score (nSPS) is 10.1. The standard InChI is InChI=1S/C9H6ClFNO3/c10-8-4(2-13)1-6(11)7(9(12)15)5(8)3-14/h1-2H,3H2,(H2,12,15). The molecule has 0 bridgehead atoms. The summed E-state index contributed by atoms with van der Waals surface area (Å²) in [5.74, 6) is -2.10. The van der Waals surface area contributed by atoms with Crippen LogP contribution in [-0.2, 0) is 11.7 Å². The van der Waals surface area contributed by atoms with Gasteiger partial charge in [-0.2, -0.15) is 0 Å². The molecule has 0 aromatic heterocycles. The van der Waals surface area contributed by atoms with Gasteiger partial charge in [0.1, 0.15) is 12.4 Å². The van der Waals surface area contributed by atoms with Crippen LogP contribution in [0.15, 0.2) is 6.07 Å². The molecule has 1 amide bonds. The second kappa shape index (κ2) is 4.37. The Morgan fingerprint density at radius 3 is 2.60 bits per heavy atom. The molecule has 1 aromatic rings. The lowest BCUT2D eigenvalue weighted by atomic mass is 10.0. The van der Waals surface area contributed by atoms with Gasteiger partial charge in [-0.25, -0.2) is 9.50 Å². The fourth-order valence-electron chi connectivity index (χ4n) is 1.19. The third-order valence-electron chi connectivity index (χ3n) is 1.86. The van der Waals surface area contributed by atoms with Crippen LogP contribution in [0.3, 0.4) is 0 Å². The van der Waals surface area contributed by atoms with E-state index in [-0.39, 0.29) is 16.1 Å². The van der Waals surface area contributed by atoms with E-state index >= 15 is 0 Å². The summed E-state index contributed by atoms with van der Waals surface area (Å²) < 4.78 is 13.3. The molecule has 0 unspecified atom stereocenters. The lowest BCUT2D eigenvalue weighted by molar-refractivity contribution is 0.0988. The summed E-state index contributed by atoms with van der Waals surface area (Å²) in [7, 11) is 0. The Bertz CT molecular complexity index is 434. The molecule has 0 aliphatic carbocycles. The van der Waals surface area contributed by atoms with Crippen LogP contribution >= 0.6 is 11.6 Å². The average Bonchev–Trinajstić information content (AvgIpc) is 2.19. The van der Waals surface area contributed by atoms with E-state index in [4.69, 9.17) is 17.3 Å². The van der Waals surface area contributed by atoms with E-state index in [1.54, 1.807) is 0 Å². The van der Waals surface area contributed by atoms with Crippen LogP contribution in [0.25, 0.3) is 0 Å². The van der Waals surface area contributed by atoms with Crippen LogP contribution in [0.2, 0.25) is 5.02 Å². The van der Waals surface area contributed by atoms with Crippen molar-refractivity contribution >= 4 is 23.8 Å². The molecule has 0 saturated carbocycles. The van der Waals surface area contributed by atoms with E-state index in [1.165, 1.54) is 0 Å². The number of aldehydes is 1. The Morgan fingerprint density at radius 1 is 1.60 bits per heavy atom. The molecular formula is C9H6ClFNO3. The largest absolute Gasteiger partial charge is 0.365 e. The second-order valence-electron chi connectivity index (χ2n) is 2.74. The van der Waals surface area contributed by atoms with Gasteiger partial charge in [-0.3, -0.25) is 9.59 Å². The molecule has 1 radical (unpaired) electrons. The first-order valence-corrected chi connectivity index (χ1v) is 4.24. The van der Waals surface area contributed by atoms with Gasteiger partial charge in [0.2, 0.25) is 0 Å². The fraction of sp³-hybridized carbons (Fsp3) is 0.111. The zero-order valence-electron chi connectivity index (χ0n) is 7.42. The third kappa shape index (κ3) is 1.98. The van der Waals surface area contributed by atoms with Crippen LogP contribution in [-0.4, -0.2) is 12.2 Å². The third-order valence-corrected chi connectivity index (χ3v) is 2.31. The van der Waals surface area contributed by atoms with E-state index < -0.39 is 23.9 Å². The maximum atomic E-state index is 13.3. The Kier molecular flexibility index (Phi) is 3.39. The molecule has 79 valence electrons. The van der Waals surface area contributed by atoms with Crippen LogP contribution in [0.4, 0.5) is 4.39 Å². The van der Waals surface area contributed by atoms with Gasteiger partial charge in [0.15, 0.2) is 6.29 Å². The van der Waals surface area contributed by atoms with Crippen molar-refractivity contribution in [3.05, 3.63) is 33.6 Å². The molecule has 2 N–H and O–H groups in total. The van der Waals surface area contributed by atoms with Gasteiger partial charge < -0.3 is 5.73 Å². The van der Waals surface area contributed by atoms with E-state index in [0.29, 0.717) is 6.29 Å². The number of carbonyl (C=O) groups excluding carboxylic acids is 2. The molecule has 1 aromatic carbocycles. The Labute approximate surface area is 89.5 Å². The quantitative estimate of drug-likeness (QED) is 0.795. The lowest BCUT2D eigenvalue weighted by Gasteiger charge is -2.08. The maximum absolute atomic E-state index is 13.3. The summed E-state index contributed by atoms with van der Waals surface area (Å²) in [6, 6.07) is 0.772. The van der Waals surface area contributed by atoms with Crippen molar-refractivity contribution in [2.75, 3.05) is 0 Å². The number of benzene rings is 1. The van der Waals surface area contributed by atoms with Gasteiger partial charge in [-0.1, -0.05) is 11.6 Å². The Balaban J connectivity index is 3.60. The number of carbonyl (C=O) groups is 2. The summed E-state index contributed by atoms with van der Waals surface area (Å²) in [5.41, 5.74) is 3.87. The predicted octanol–water partition coefficient (Wildman–Crippen LogP) is 1.32. The topological polar surface area (TPSA) is 80.1 Å². The summed E-state index contributed by atoms with van der Waals surface area (Å²) >= 11 is 5.62. The van der Waals surface area contributed by atoms with Crippen molar-refractivity contribution in [2.45, 2.75) is 6.61 Å². The highest BCUT2D eigenvalue weighted by Gasteiger charge is 2.20. The first-order valence-electron chi connectivity index (χ1n) is 3.86. The number of halogens is 2. The molecule has 6 heteroatoms. The van der Waals surface area contributed by atoms with Crippen LogP contribution < -0.4 is 5.73 Å². The highest BCUT2D eigenvalue weighted by Crippen LogP contribution is 2.26. The smallest absolute Gasteiger partial charge is 0.252 e.